The van der Waals surface area contributed by atoms with Gasteiger partial charge in [-0.1, -0.05) is 0 Å². The first-order valence-corrected chi connectivity index (χ1v) is 2.62. The highest BCUT2D eigenvalue weighted by Crippen LogP contribution is 2.13. The van der Waals surface area contributed by atoms with Crippen LogP contribution in [0, 0.1) is 18.3 Å². The second-order valence-corrected chi connectivity index (χ2v) is 1.67. The van der Waals surface area contributed by atoms with Crippen LogP contribution in [0.4, 0.5) is 5.88 Å². The molecule has 6 heteroatoms. The Bertz CT molecular complexity index is 277. The molecule has 11 heavy (non-hydrogen) atoms. The van der Waals surface area contributed by atoms with Gasteiger partial charge in [0.05, 0.1) is 0 Å². The molecule has 0 radical (unpaired) electrons. The maximum atomic E-state index is 8.39. The van der Waals surface area contributed by atoms with E-state index in [1.54, 1.807) is 6.92 Å². The van der Waals surface area contributed by atoms with E-state index < -0.39 is 0 Å². The standard InChI is InChI=1S/C5H6N4O.ClH/c1-3-8-4(2-6)5(9-7)10-3;/h9H,7H2,1H3;1H. The fourth-order valence-corrected chi connectivity index (χ4v) is 0.601. The number of rotatable bonds is 1. The molecule has 0 saturated heterocycles. The number of hydrogen-bond donors (Lipinski definition) is 2. The van der Waals surface area contributed by atoms with Crippen molar-refractivity contribution >= 4 is 18.3 Å². The molecule has 1 aromatic heterocycles. The highest BCUT2D eigenvalue weighted by molar-refractivity contribution is 5.85. The highest BCUT2D eigenvalue weighted by atomic mass is 35.5. The van der Waals surface area contributed by atoms with E-state index in [0.717, 1.165) is 0 Å². The molecule has 0 unspecified atom stereocenters. The summed E-state index contributed by atoms with van der Waals surface area (Å²) in [5.41, 5.74) is 2.40. The average molecular weight is 175 g/mol. The summed E-state index contributed by atoms with van der Waals surface area (Å²) in [4.78, 5) is 3.73. The Hall–Kier alpha value is -1.25. The monoisotopic (exact) mass is 174 g/mol. The third kappa shape index (κ3) is 1.83. The number of nitrogens with zero attached hydrogens (tertiary/aromatic N) is 2. The van der Waals surface area contributed by atoms with Crippen molar-refractivity contribution in [3.8, 4) is 6.07 Å². The highest BCUT2D eigenvalue weighted by Gasteiger charge is 2.06. The van der Waals surface area contributed by atoms with E-state index in [-0.39, 0.29) is 24.0 Å². The zero-order chi connectivity index (χ0) is 7.56. The van der Waals surface area contributed by atoms with Gasteiger partial charge in [-0.05, 0) is 0 Å². The van der Waals surface area contributed by atoms with Crippen molar-refractivity contribution in [2.75, 3.05) is 5.43 Å². The van der Waals surface area contributed by atoms with Crippen LogP contribution in [0.5, 0.6) is 0 Å². The summed E-state index contributed by atoms with van der Waals surface area (Å²) in [6.45, 7) is 1.64. The largest absolute Gasteiger partial charge is 0.423 e. The summed E-state index contributed by atoms with van der Waals surface area (Å²) in [5.74, 6) is 5.63. The summed E-state index contributed by atoms with van der Waals surface area (Å²) in [5, 5.41) is 8.39. The third-order valence-corrected chi connectivity index (χ3v) is 0.971. The van der Waals surface area contributed by atoms with Gasteiger partial charge in [-0.15, -0.1) is 12.4 Å². The molecule has 0 aliphatic carbocycles. The van der Waals surface area contributed by atoms with Gasteiger partial charge in [-0.2, -0.15) is 5.26 Å². The summed E-state index contributed by atoms with van der Waals surface area (Å²) in [6, 6.07) is 1.82. The summed E-state index contributed by atoms with van der Waals surface area (Å²) < 4.78 is 4.88. The van der Waals surface area contributed by atoms with Gasteiger partial charge >= 0.3 is 0 Å². The second-order valence-electron chi connectivity index (χ2n) is 1.67. The minimum Gasteiger partial charge on any atom is -0.423 e. The summed E-state index contributed by atoms with van der Waals surface area (Å²) >= 11 is 0. The molecule has 0 bridgehead atoms. The third-order valence-electron chi connectivity index (χ3n) is 0.971. The molecule has 0 amide bonds. The Morgan fingerprint density at radius 3 is 2.73 bits per heavy atom. The maximum absolute atomic E-state index is 8.39. The van der Waals surface area contributed by atoms with Gasteiger partial charge in [-0.3, -0.25) is 5.43 Å². The van der Waals surface area contributed by atoms with Gasteiger partial charge < -0.3 is 4.42 Å². The molecule has 0 aliphatic rings. The number of aromatic nitrogens is 1. The minimum atomic E-state index is 0. The number of halogens is 1. The predicted molar refractivity (Wildman–Crippen MR) is 41.0 cm³/mol. The van der Waals surface area contributed by atoms with Crippen molar-refractivity contribution in [3.63, 3.8) is 0 Å². The number of aryl methyl sites for hydroxylation is 1. The van der Waals surface area contributed by atoms with E-state index in [0.29, 0.717) is 5.89 Å². The number of nitrogens with two attached hydrogens (primary N) is 1. The molecule has 0 saturated carbocycles. The van der Waals surface area contributed by atoms with Crippen molar-refractivity contribution in [2.45, 2.75) is 6.92 Å². The second kappa shape index (κ2) is 3.81. The number of hydrazine groups is 1. The fourth-order valence-electron chi connectivity index (χ4n) is 0.601. The molecule has 0 fully saturated rings. The molecule has 1 aromatic rings. The quantitative estimate of drug-likeness (QED) is 0.480. The SMILES string of the molecule is Cc1nc(C#N)c(NN)o1.Cl. The molecular formula is C5H7ClN4O. The Labute approximate surface area is 69.6 Å². The number of nitriles is 1. The number of nitrogens with one attached hydrogen (secondary N) is 1. The Morgan fingerprint density at radius 1 is 1.73 bits per heavy atom. The summed E-state index contributed by atoms with van der Waals surface area (Å²) in [7, 11) is 0. The zero-order valence-electron chi connectivity index (χ0n) is 5.79. The molecule has 60 valence electrons. The van der Waals surface area contributed by atoms with Crippen LogP contribution in [0.15, 0.2) is 4.42 Å². The van der Waals surface area contributed by atoms with Crippen LogP contribution in [0.2, 0.25) is 0 Å². The molecule has 0 spiro atoms. The van der Waals surface area contributed by atoms with Crippen LogP contribution in [-0.2, 0) is 0 Å². The first kappa shape index (κ1) is 9.75. The van der Waals surface area contributed by atoms with Crippen LogP contribution >= 0.6 is 12.4 Å². The minimum absolute atomic E-state index is 0. The van der Waals surface area contributed by atoms with Crippen LogP contribution in [0.3, 0.4) is 0 Å². The first-order valence-electron chi connectivity index (χ1n) is 2.62. The summed E-state index contributed by atoms with van der Waals surface area (Å²) in [6.07, 6.45) is 0. The number of anilines is 1. The molecule has 3 N–H and O–H groups in total. The Morgan fingerprint density at radius 2 is 2.36 bits per heavy atom. The van der Waals surface area contributed by atoms with E-state index in [1.807, 2.05) is 6.07 Å². The van der Waals surface area contributed by atoms with Gasteiger partial charge in [0.2, 0.25) is 11.6 Å². The van der Waals surface area contributed by atoms with Gasteiger partial charge in [-0.25, -0.2) is 10.8 Å². The van der Waals surface area contributed by atoms with E-state index in [2.05, 4.69) is 10.4 Å². The van der Waals surface area contributed by atoms with E-state index in [9.17, 15) is 0 Å². The molecule has 1 rings (SSSR count). The number of nitrogen functional groups attached to an aromatic ring is 1. The Kier molecular flexibility index (Phi) is 3.37. The number of hydrogen-bond acceptors (Lipinski definition) is 5. The lowest BCUT2D eigenvalue weighted by atomic mass is 10.5. The molecule has 5 nitrogen and oxygen atoms in total. The molecule has 0 aliphatic heterocycles. The van der Waals surface area contributed by atoms with Crippen molar-refractivity contribution < 1.29 is 4.42 Å². The van der Waals surface area contributed by atoms with Gasteiger partial charge in [0, 0.05) is 6.92 Å². The zero-order valence-corrected chi connectivity index (χ0v) is 6.60. The van der Waals surface area contributed by atoms with Crippen LogP contribution in [0.1, 0.15) is 11.6 Å². The molecular weight excluding hydrogens is 168 g/mol. The average Bonchev–Trinajstić information content (AvgIpc) is 2.30. The number of oxazole rings is 1. The lowest BCUT2D eigenvalue weighted by Crippen LogP contribution is -2.06. The van der Waals surface area contributed by atoms with E-state index in [4.69, 9.17) is 15.5 Å². The van der Waals surface area contributed by atoms with Crippen molar-refractivity contribution in [1.82, 2.24) is 4.98 Å². The predicted octanol–water partition coefficient (Wildman–Crippen LogP) is 0.562. The van der Waals surface area contributed by atoms with Crippen LogP contribution in [-0.4, -0.2) is 4.98 Å². The first-order chi connectivity index (χ1) is 4.77. The lowest BCUT2D eigenvalue weighted by Gasteiger charge is -1.88. The van der Waals surface area contributed by atoms with Crippen LogP contribution < -0.4 is 11.3 Å². The van der Waals surface area contributed by atoms with Crippen LogP contribution in [0.25, 0.3) is 0 Å². The maximum Gasteiger partial charge on any atom is 0.246 e. The Balaban J connectivity index is 0.000001000. The van der Waals surface area contributed by atoms with Crippen molar-refractivity contribution in [3.05, 3.63) is 11.6 Å². The molecule has 0 aromatic carbocycles. The smallest absolute Gasteiger partial charge is 0.246 e. The van der Waals surface area contributed by atoms with Gasteiger partial charge in [0.25, 0.3) is 0 Å². The normalized spacial score (nSPS) is 8.09. The van der Waals surface area contributed by atoms with Gasteiger partial charge in [0.1, 0.15) is 6.07 Å². The molecule has 1 heterocycles. The lowest BCUT2D eigenvalue weighted by molar-refractivity contribution is 0.533. The van der Waals surface area contributed by atoms with E-state index in [1.165, 1.54) is 0 Å². The van der Waals surface area contributed by atoms with Crippen molar-refractivity contribution in [2.24, 2.45) is 5.84 Å². The van der Waals surface area contributed by atoms with Crippen molar-refractivity contribution in [1.29, 1.82) is 5.26 Å². The molecule has 0 atom stereocenters. The van der Waals surface area contributed by atoms with Gasteiger partial charge in [0.15, 0.2) is 5.89 Å². The fraction of sp³-hybridized carbons (Fsp3) is 0.200. The topological polar surface area (TPSA) is 87.9 Å². The van der Waals surface area contributed by atoms with E-state index >= 15 is 0 Å².